The molecule has 0 aromatic carbocycles. The highest BCUT2D eigenvalue weighted by atomic mass is 15.2. The molecule has 1 fully saturated rings. The molecule has 0 spiro atoms. The lowest BCUT2D eigenvalue weighted by molar-refractivity contribution is 0.495. The number of rotatable bonds is 3. The van der Waals surface area contributed by atoms with Gasteiger partial charge in [-0.25, -0.2) is 4.98 Å². The van der Waals surface area contributed by atoms with E-state index >= 15 is 0 Å². The predicted octanol–water partition coefficient (Wildman–Crippen LogP) is 2.93. The molecule has 22 heavy (non-hydrogen) atoms. The third-order valence-electron chi connectivity index (χ3n) is 4.40. The van der Waals surface area contributed by atoms with E-state index in [4.69, 9.17) is 0 Å². The Morgan fingerprint density at radius 1 is 1.45 bits per heavy atom. The third-order valence-corrected chi connectivity index (χ3v) is 4.40. The second kappa shape index (κ2) is 6.18. The van der Waals surface area contributed by atoms with Crippen molar-refractivity contribution in [2.24, 2.45) is 0 Å². The van der Waals surface area contributed by atoms with E-state index in [9.17, 15) is 5.26 Å². The first-order valence-electron chi connectivity index (χ1n) is 7.87. The van der Waals surface area contributed by atoms with Crippen LogP contribution in [-0.2, 0) is 6.42 Å². The summed E-state index contributed by atoms with van der Waals surface area (Å²) in [5.41, 5.74) is 4.15. The molecule has 1 aliphatic rings. The normalized spacial score (nSPS) is 18.2. The number of nitrogens with zero attached hydrogens (tertiary/aromatic N) is 4. The number of hydrogen-bond donors (Lipinski definition) is 1. The molecule has 0 aliphatic carbocycles. The standard InChI is InChI=1S/C17H21N5/c1-3-13-10-19-21-16(13)15-5-4-8-22(11-15)17-14(9-18)7-6-12(2)20-17/h6-7,10,15H,3-5,8,11H2,1-2H3,(H,19,21). The van der Waals surface area contributed by atoms with Crippen LogP contribution in [0.25, 0.3) is 0 Å². The van der Waals surface area contributed by atoms with Crippen molar-refractivity contribution >= 4 is 5.82 Å². The fourth-order valence-corrected chi connectivity index (χ4v) is 3.23. The molecule has 1 unspecified atom stereocenters. The van der Waals surface area contributed by atoms with Crippen LogP contribution < -0.4 is 4.90 Å². The maximum Gasteiger partial charge on any atom is 0.146 e. The van der Waals surface area contributed by atoms with Crippen LogP contribution in [0.5, 0.6) is 0 Å². The second-order valence-corrected chi connectivity index (χ2v) is 5.88. The van der Waals surface area contributed by atoms with Gasteiger partial charge in [-0.2, -0.15) is 10.4 Å². The number of aromatic amines is 1. The Bertz CT molecular complexity index is 697. The van der Waals surface area contributed by atoms with Gasteiger partial charge in [0.2, 0.25) is 0 Å². The van der Waals surface area contributed by atoms with Gasteiger partial charge in [0.25, 0.3) is 0 Å². The molecule has 1 saturated heterocycles. The highest BCUT2D eigenvalue weighted by molar-refractivity contribution is 5.55. The minimum absolute atomic E-state index is 0.431. The van der Waals surface area contributed by atoms with Gasteiger partial charge in [0.05, 0.1) is 11.8 Å². The van der Waals surface area contributed by atoms with Crippen molar-refractivity contribution in [1.29, 1.82) is 5.26 Å². The van der Waals surface area contributed by atoms with Crippen LogP contribution in [0.15, 0.2) is 18.3 Å². The number of anilines is 1. The summed E-state index contributed by atoms with van der Waals surface area (Å²) in [5.74, 6) is 1.25. The highest BCUT2D eigenvalue weighted by Gasteiger charge is 2.26. The van der Waals surface area contributed by atoms with Crippen molar-refractivity contribution in [2.75, 3.05) is 18.0 Å². The summed E-state index contributed by atoms with van der Waals surface area (Å²) in [6, 6.07) is 6.03. The molecule has 1 N–H and O–H groups in total. The summed E-state index contributed by atoms with van der Waals surface area (Å²) < 4.78 is 0. The van der Waals surface area contributed by atoms with Gasteiger partial charge in [-0.15, -0.1) is 0 Å². The van der Waals surface area contributed by atoms with Crippen LogP contribution in [0, 0.1) is 18.3 Å². The Kier molecular flexibility index (Phi) is 4.10. The molecular formula is C17H21N5. The zero-order valence-electron chi connectivity index (χ0n) is 13.1. The van der Waals surface area contributed by atoms with Crippen molar-refractivity contribution < 1.29 is 0 Å². The van der Waals surface area contributed by atoms with Gasteiger partial charge in [0.15, 0.2) is 0 Å². The Hall–Kier alpha value is -2.35. The van der Waals surface area contributed by atoms with Crippen LogP contribution in [0.1, 0.15) is 48.2 Å². The Labute approximate surface area is 131 Å². The topological polar surface area (TPSA) is 68.6 Å². The fourth-order valence-electron chi connectivity index (χ4n) is 3.23. The second-order valence-electron chi connectivity index (χ2n) is 5.88. The third kappa shape index (κ3) is 2.69. The molecule has 3 rings (SSSR count). The minimum atomic E-state index is 0.431. The molecule has 5 heteroatoms. The number of aryl methyl sites for hydroxylation is 2. The zero-order valence-corrected chi connectivity index (χ0v) is 13.1. The average molecular weight is 295 g/mol. The molecule has 0 radical (unpaired) electrons. The lowest BCUT2D eigenvalue weighted by atomic mass is 9.92. The van der Waals surface area contributed by atoms with Gasteiger partial charge < -0.3 is 4.90 Å². The van der Waals surface area contributed by atoms with E-state index in [1.165, 1.54) is 11.3 Å². The van der Waals surface area contributed by atoms with Crippen molar-refractivity contribution in [3.63, 3.8) is 0 Å². The lowest BCUT2D eigenvalue weighted by Crippen LogP contribution is -2.36. The maximum atomic E-state index is 9.34. The number of nitrogens with one attached hydrogen (secondary N) is 1. The smallest absolute Gasteiger partial charge is 0.146 e. The number of H-pyrrole nitrogens is 1. The number of aromatic nitrogens is 3. The van der Waals surface area contributed by atoms with Crippen molar-refractivity contribution in [2.45, 2.75) is 39.0 Å². The van der Waals surface area contributed by atoms with Crippen LogP contribution in [0.3, 0.4) is 0 Å². The first kappa shape index (κ1) is 14.6. The van der Waals surface area contributed by atoms with E-state index in [-0.39, 0.29) is 0 Å². The van der Waals surface area contributed by atoms with E-state index in [1.807, 2.05) is 25.3 Å². The number of nitriles is 1. The largest absolute Gasteiger partial charge is 0.355 e. The maximum absolute atomic E-state index is 9.34. The van der Waals surface area contributed by atoms with Crippen LogP contribution in [0.2, 0.25) is 0 Å². The summed E-state index contributed by atoms with van der Waals surface area (Å²) in [7, 11) is 0. The van der Waals surface area contributed by atoms with Gasteiger partial charge in [-0.3, -0.25) is 5.10 Å². The molecule has 3 heterocycles. The summed E-state index contributed by atoms with van der Waals surface area (Å²) in [4.78, 5) is 6.85. The van der Waals surface area contributed by atoms with Crippen molar-refractivity contribution in [3.8, 4) is 6.07 Å². The Morgan fingerprint density at radius 2 is 2.32 bits per heavy atom. The van der Waals surface area contributed by atoms with Gasteiger partial charge in [-0.05, 0) is 43.9 Å². The summed E-state index contributed by atoms with van der Waals surface area (Å²) in [5, 5.41) is 16.7. The van der Waals surface area contributed by atoms with Crippen LogP contribution >= 0.6 is 0 Å². The Morgan fingerprint density at radius 3 is 3.09 bits per heavy atom. The molecule has 114 valence electrons. The van der Waals surface area contributed by atoms with Crippen LogP contribution in [-0.4, -0.2) is 28.3 Å². The monoisotopic (exact) mass is 295 g/mol. The molecular weight excluding hydrogens is 274 g/mol. The SMILES string of the molecule is CCc1cn[nH]c1C1CCCN(c2nc(C)ccc2C#N)C1. The first-order valence-corrected chi connectivity index (χ1v) is 7.87. The highest BCUT2D eigenvalue weighted by Crippen LogP contribution is 2.31. The number of piperidine rings is 1. The summed E-state index contributed by atoms with van der Waals surface area (Å²) >= 11 is 0. The predicted molar refractivity (Wildman–Crippen MR) is 85.8 cm³/mol. The lowest BCUT2D eigenvalue weighted by Gasteiger charge is -2.34. The zero-order chi connectivity index (χ0) is 15.5. The molecule has 1 aliphatic heterocycles. The molecule has 5 nitrogen and oxygen atoms in total. The van der Waals surface area contributed by atoms with E-state index in [0.29, 0.717) is 11.5 Å². The van der Waals surface area contributed by atoms with Crippen molar-refractivity contribution in [1.82, 2.24) is 15.2 Å². The molecule has 2 aromatic rings. The molecule has 2 aromatic heterocycles. The molecule has 0 saturated carbocycles. The quantitative estimate of drug-likeness (QED) is 0.945. The van der Waals surface area contributed by atoms with Gasteiger partial charge in [-0.1, -0.05) is 6.92 Å². The van der Waals surface area contributed by atoms with E-state index in [0.717, 1.165) is 43.9 Å². The molecule has 0 bridgehead atoms. The van der Waals surface area contributed by atoms with E-state index in [2.05, 4.69) is 33.1 Å². The minimum Gasteiger partial charge on any atom is -0.355 e. The number of pyridine rings is 1. The van der Waals surface area contributed by atoms with Gasteiger partial charge in [0.1, 0.15) is 11.9 Å². The molecule has 1 atom stereocenters. The summed E-state index contributed by atoms with van der Waals surface area (Å²) in [6.07, 6.45) is 5.18. The molecule has 0 amide bonds. The van der Waals surface area contributed by atoms with Gasteiger partial charge >= 0.3 is 0 Å². The number of hydrogen-bond acceptors (Lipinski definition) is 4. The van der Waals surface area contributed by atoms with Crippen LogP contribution in [0.4, 0.5) is 5.82 Å². The van der Waals surface area contributed by atoms with Crippen molar-refractivity contribution in [3.05, 3.63) is 40.8 Å². The fraction of sp³-hybridized carbons (Fsp3) is 0.471. The van der Waals surface area contributed by atoms with Gasteiger partial charge in [0, 0.05) is 30.4 Å². The first-order chi connectivity index (χ1) is 10.7. The Balaban J connectivity index is 1.88. The van der Waals surface area contributed by atoms with E-state index < -0.39 is 0 Å². The average Bonchev–Trinajstić information content (AvgIpc) is 3.03. The van der Waals surface area contributed by atoms with E-state index in [1.54, 1.807) is 0 Å². The summed E-state index contributed by atoms with van der Waals surface area (Å²) in [6.45, 7) is 5.97.